The van der Waals surface area contributed by atoms with Crippen molar-refractivity contribution in [2.45, 2.75) is 18.0 Å². The first kappa shape index (κ1) is 12.3. The average molecular weight is 259 g/mol. The SMILES string of the molecule is Cc1cc(C(F)(F)F)ccc1S(=O)(=O)Cl. The maximum absolute atomic E-state index is 12.2. The predicted octanol–water partition coefficient (Wildman–Crippen LogP) is 2.94. The Kier molecular flexibility index (Phi) is 3.02. The monoisotopic (exact) mass is 258 g/mol. The Labute approximate surface area is 89.1 Å². The molecule has 0 N–H and O–H groups in total. The van der Waals surface area contributed by atoms with Gasteiger partial charge in [0.05, 0.1) is 10.5 Å². The fourth-order valence-corrected chi connectivity index (χ4v) is 2.29. The van der Waals surface area contributed by atoms with Gasteiger partial charge in [0.1, 0.15) is 0 Å². The van der Waals surface area contributed by atoms with Crippen LogP contribution in [0.5, 0.6) is 0 Å². The van der Waals surface area contributed by atoms with E-state index in [1.54, 1.807) is 0 Å². The molecule has 0 radical (unpaired) electrons. The van der Waals surface area contributed by atoms with Crippen molar-refractivity contribution in [1.82, 2.24) is 0 Å². The van der Waals surface area contributed by atoms with Crippen LogP contribution in [0.25, 0.3) is 0 Å². The van der Waals surface area contributed by atoms with Gasteiger partial charge in [-0.1, -0.05) is 0 Å². The van der Waals surface area contributed by atoms with Gasteiger partial charge < -0.3 is 0 Å². The molecule has 0 aliphatic carbocycles. The summed E-state index contributed by atoms with van der Waals surface area (Å²) >= 11 is 0. The van der Waals surface area contributed by atoms with E-state index in [1.165, 1.54) is 6.92 Å². The molecule has 1 rings (SSSR count). The quantitative estimate of drug-likeness (QED) is 0.726. The van der Waals surface area contributed by atoms with Crippen molar-refractivity contribution in [2.75, 3.05) is 0 Å². The van der Waals surface area contributed by atoms with Gasteiger partial charge in [-0.05, 0) is 30.7 Å². The van der Waals surface area contributed by atoms with Crippen LogP contribution in [-0.4, -0.2) is 8.42 Å². The number of benzene rings is 1. The van der Waals surface area contributed by atoms with Gasteiger partial charge in [-0.2, -0.15) is 13.2 Å². The Bertz CT molecular complexity index is 479. The van der Waals surface area contributed by atoms with Crippen LogP contribution < -0.4 is 0 Å². The zero-order chi connectivity index (χ0) is 11.9. The summed E-state index contributed by atoms with van der Waals surface area (Å²) < 4.78 is 58.4. The van der Waals surface area contributed by atoms with Crippen LogP contribution in [0.3, 0.4) is 0 Å². The summed E-state index contributed by atoms with van der Waals surface area (Å²) in [5.74, 6) is 0. The topological polar surface area (TPSA) is 34.1 Å². The maximum atomic E-state index is 12.2. The van der Waals surface area contributed by atoms with Gasteiger partial charge in [-0.3, -0.25) is 0 Å². The largest absolute Gasteiger partial charge is 0.416 e. The molecule has 0 aliphatic rings. The molecule has 0 amide bonds. The number of aryl methyl sites for hydroxylation is 1. The standard InChI is InChI=1S/C8H6ClF3O2S/c1-5-4-6(8(10,11)12)2-3-7(5)15(9,13)14/h2-4H,1H3. The molecule has 7 heteroatoms. The second-order valence-electron chi connectivity index (χ2n) is 2.92. The molecule has 0 spiro atoms. The van der Waals surface area contributed by atoms with Crippen molar-refractivity contribution in [1.29, 1.82) is 0 Å². The maximum Gasteiger partial charge on any atom is 0.416 e. The first-order valence-electron chi connectivity index (χ1n) is 3.75. The van der Waals surface area contributed by atoms with E-state index >= 15 is 0 Å². The molecule has 15 heavy (non-hydrogen) atoms. The minimum absolute atomic E-state index is 0.0279. The van der Waals surface area contributed by atoms with Crippen molar-refractivity contribution in [2.24, 2.45) is 0 Å². The Morgan fingerprint density at radius 3 is 2.13 bits per heavy atom. The zero-order valence-corrected chi connectivity index (χ0v) is 9.04. The summed E-state index contributed by atoms with van der Waals surface area (Å²) in [4.78, 5) is -0.308. The molecule has 0 aliphatic heterocycles. The Balaban J connectivity index is 3.34. The molecular weight excluding hydrogens is 253 g/mol. The molecule has 0 heterocycles. The van der Waals surface area contributed by atoms with Crippen LogP contribution >= 0.6 is 10.7 Å². The lowest BCUT2D eigenvalue weighted by molar-refractivity contribution is -0.137. The Morgan fingerprint density at radius 2 is 1.80 bits per heavy atom. The molecule has 0 saturated carbocycles. The third-order valence-corrected chi connectivity index (χ3v) is 3.25. The number of halogens is 4. The molecule has 1 aromatic carbocycles. The summed E-state index contributed by atoms with van der Waals surface area (Å²) in [5.41, 5.74) is -0.927. The van der Waals surface area contributed by atoms with E-state index in [0.717, 1.165) is 12.1 Å². The zero-order valence-electron chi connectivity index (χ0n) is 7.47. The fraction of sp³-hybridized carbons (Fsp3) is 0.250. The summed E-state index contributed by atoms with van der Waals surface area (Å²) in [6, 6.07) is 2.28. The van der Waals surface area contributed by atoms with E-state index in [2.05, 4.69) is 0 Å². The van der Waals surface area contributed by atoms with Gasteiger partial charge in [0.15, 0.2) is 0 Å². The van der Waals surface area contributed by atoms with Gasteiger partial charge in [0.2, 0.25) is 0 Å². The number of rotatable bonds is 1. The normalized spacial score (nSPS) is 12.9. The smallest absolute Gasteiger partial charge is 0.207 e. The van der Waals surface area contributed by atoms with Gasteiger partial charge in [-0.15, -0.1) is 0 Å². The van der Waals surface area contributed by atoms with Crippen LogP contribution in [-0.2, 0) is 15.2 Å². The third-order valence-electron chi connectivity index (χ3n) is 1.76. The van der Waals surface area contributed by atoms with Crippen LogP contribution in [0.15, 0.2) is 23.1 Å². The second-order valence-corrected chi connectivity index (χ2v) is 5.45. The Hall–Kier alpha value is -0.750. The van der Waals surface area contributed by atoms with E-state index in [4.69, 9.17) is 10.7 Å². The highest BCUT2D eigenvalue weighted by molar-refractivity contribution is 8.13. The molecule has 0 fully saturated rings. The van der Waals surface area contributed by atoms with Crippen molar-refractivity contribution < 1.29 is 21.6 Å². The average Bonchev–Trinajstić information content (AvgIpc) is 1.99. The van der Waals surface area contributed by atoms with Gasteiger partial charge >= 0.3 is 6.18 Å². The highest BCUT2D eigenvalue weighted by atomic mass is 35.7. The fourth-order valence-electron chi connectivity index (χ4n) is 1.10. The first-order valence-corrected chi connectivity index (χ1v) is 6.06. The number of alkyl halides is 3. The highest BCUT2D eigenvalue weighted by Crippen LogP contribution is 2.31. The van der Waals surface area contributed by atoms with E-state index in [9.17, 15) is 21.6 Å². The summed E-state index contributed by atoms with van der Waals surface area (Å²) in [5, 5.41) is 0. The van der Waals surface area contributed by atoms with E-state index < -0.39 is 20.8 Å². The van der Waals surface area contributed by atoms with Crippen molar-refractivity contribution >= 4 is 19.7 Å². The molecule has 0 saturated heterocycles. The molecule has 2 nitrogen and oxygen atoms in total. The summed E-state index contributed by atoms with van der Waals surface area (Å²) in [6.45, 7) is 1.25. The molecular formula is C8H6ClF3O2S. The lowest BCUT2D eigenvalue weighted by atomic mass is 10.1. The van der Waals surface area contributed by atoms with Crippen LogP contribution in [0, 0.1) is 6.92 Å². The lowest BCUT2D eigenvalue weighted by Gasteiger charge is -2.08. The van der Waals surface area contributed by atoms with E-state index in [1.807, 2.05) is 0 Å². The van der Waals surface area contributed by atoms with E-state index in [0.29, 0.717) is 6.07 Å². The Morgan fingerprint density at radius 1 is 1.27 bits per heavy atom. The molecule has 0 bridgehead atoms. The van der Waals surface area contributed by atoms with Crippen molar-refractivity contribution in [3.8, 4) is 0 Å². The van der Waals surface area contributed by atoms with Crippen LogP contribution in [0.1, 0.15) is 11.1 Å². The summed E-state index contributed by atoms with van der Waals surface area (Å²) in [6.07, 6.45) is -4.49. The van der Waals surface area contributed by atoms with Gasteiger partial charge in [0, 0.05) is 10.7 Å². The van der Waals surface area contributed by atoms with Gasteiger partial charge in [-0.25, -0.2) is 8.42 Å². The van der Waals surface area contributed by atoms with E-state index in [-0.39, 0.29) is 10.5 Å². The minimum atomic E-state index is -4.49. The van der Waals surface area contributed by atoms with Gasteiger partial charge in [0.25, 0.3) is 9.05 Å². The highest BCUT2D eigenvalue weighted by Gasteiger charge is 2.31. The molecule has 84 valence electrons. The number of hydrogen-bond acceptors (Lipinski definition) is 2. The van der Waals surface area contributed by atoms with Crippen molar-refractivity contribution in [3.63, 3.8) is 0 Å². The predicted molar refractivity (Wildman–Crippen MR) is 49.2 cm³/mol. The second kappa shape index (κ2) is 3.68. The lowest BCUT2D eigenvalue weighted by Crippen LogP contribution is -2.06. The molecule has 0 atom stereocenters. The number of hydrogen-bond donors (Lipinski definition) is 0. The minimum Gasteiger partial charge on any atom is -0.207 e. The third kappa shape index (κ3) is 2.85. The molecule has 0 aromatic heterocycles. The van der Waals surface area contributed by atoms with Crippen LogP contribution in [0.2, 0.25) is 0 Å². The molecule has 0 unspecified atom stereocenters. The van der Waals surface area contributed by atoms with Crippen LogP contribution in [0.4, 0.5) is 13.2 Å². The summed E-state index contributed by atoms with van der Waals surface area (Å²) in [7, 11) is 1.03. The van der Waals surface area contributed by atoms with Crippen molar-refractivity contribution in [3.05, 3.63) is 29.3 Å². The molecule has 1 aromatic rings. The first-order chi connectivity index (χ1) is 6.62.